The number of nitrogens with zero attached hydrogens (tertiary/aromatic N) is 3. The fourth-order valence-electron chi connectivity index (χ4n) is 1.34. The molecule has 96 valence electrons. The van der Waals surface area contributed by atoms with Crippen LogP contribution in [0.25, 0.3) is 0 Å². The monoisotopic (exact) mass is 251 g/mol. The zero-order valence-corrected chi connectivity index (χ0v) is 9.11. The zero-order valence-electron chi connectivity index (χ0n) is 9.11. The Balaban J connectivity index is 2.84. The molecular formula is C9H12F3N3O2. The number of rotatable bonds is 4. The second kappa shape index (κ2) is 5.17. The van der Waals surface area contributed by atoms with E-state index in [0.717, 1.165) is 0 Å². The van der Waals surface area contributed by atoms with E-state index in [1.807, 2.05) is 0 Å². The Bertz CT molecular complexity index is 389. The van der Waals surface area contributed by atoms with E-state index in [0.29, 0.717) is 4.90 Å². The van der Waals surface area contributed by atoms with Gasteiger partial charge in [0.25, 0.3) is 5.91 Å². The van der Waals surface area contributed by atoms with Gasteiger partial charge in [-0.15, -0.1) is 0 Å². The van der Waals surface area contributed by atoms with Gasteiger partial charge in [0.2, 0.25) is 0 Å². The second-order valence-corrected chi connectivity index (χ2v) is 3.41. The van der Waals surface area contributed by atoms with Crippen molar-refractivity contribution in [3.8, 4) is 0 Å². The van der Waals surface area contributed by atoms with Gasteiger partial charge in [-0.05, 0) is 6.07 Å². The standard InChI is InChI=1S/C9H12F3N3O2/c1-14-7(2-3-13-14)8(17)15(4-5-16)6-9(10,11)12/h2-3,16H,4-6H2,1H3. The summed E-state index contributed by atoms with van der Waals surface area (Å²) in [5.41, 5.74) is 0.0442. The highest BCUT2D eigenvalue weighted by Gasteiger charge is 2.33. The lowest BCUT2D eigenvalue weighted by Gasteiger charge is -2.22. The van der Waals surface area contributed by atoms with Crippen LogP contribution in [0.3, 0.4) is 0 Å². The van der Waals surface area contributed by atoms with E-state index in [9.17, 15) is 18.0 Å². The third-order valence-electron chi connectivity index (χ3n) is 2.07. The van der Waals surface area contributed by atoms with Crippen molar-refractivity contribution >= 4 is 5.91 Å². The quantitative estimate of drug-likeness (QED) is 0.843. The first kappa shape index (κ1) is 13.5. The van der Waals surface area contributed by atoms with E-state index in [2.05, 4.69) is 5.10 Å². The molecule has 0 saturated heterocycles. The minimum atomic E-state index is -4.50. The molecule has 1 aromatic rings. The van der Waals surface area contributed by atoms with Crippen LogP contribution < -0.4 is 0 Å². The Morgan fingerprint density at radius 1 is 1.59 bits per heavy atom. The Labute approximate surface area is 95.4 Å². The molecule has 0 aliphatic heterocycles. The molecule has 5 nitrogen and oxygen atoms in total. The fraction of sp³-hybridized carbons (Fsp3) is 0.556. The third kappa shape index (κ3) is 3.74. The maximum atomic E-state index is 12.2. The van der Waals surface area contributed by atoms with Crippen molar-refractivity contribution in [3.63, 3.8) is 0 Å². The molecule has 0 aromatic carbocycles. The van der Waals surface area contributed by atoms with Crippen molar-refractivity contribution in [1.82, 2.24) is 14.7 Å². The first-order valence-electron chi connectivity index (χ1n) is 4.80. The fourth-order valence-corrected chi connectivity index (χ4v) is 1.34. The number of aryl methyl sites for hydroxylation is 1. The summed E-state index contributed by atoms with van der Waals surface area (Å²) in [6.45, 7) is -2.29. The molecule has 1 amide bonds. The molecule has 0 aliphatic carbocycles. The Morgan fingerprint density at radius 3 is 2.65 bits per heavy atom. The summed E-state index contributed by atoms with van der Waals surface area (Å²) >= 11 is 0. The Hall–Kier alpha value is -1.57. The van der Waals surface area contributed by atoms with Gasteiger partial charge in [-0.25, -0.2) is 0 Å². The van der Waals surface area contributed by atoms with E-state index >= 15 is 0 Å². The van der Waals surface area contributed by atoms with Gasteiger partial charge >= 0.3 is 6.18 Å². The van der Waals surface area contributed by atoms with Gasteiger partial charge in [-0.1, -0.05) is 0 Å². The lowest BCUT2D eigenvalue weighted by Crippen LogP contribution is -2.41. The van der Waals surface area contributed by atoms with Gasteiger partial charge in [-0.3, -0.25) is 9.48 Å². The van der Waals surface area contributed by atoms with Gasteiger partial charge in [0.05, 0.1) is 6.61 Å². The number of aromatic nitrogens is 2. The Morgan fingerprint density at radius 2 is 2.24 bits per heavy atom. The van der Waals surface area contributed by atoms with Crippen molar-refractivity contribution in [2.45, 2.75) is 6.18 Å². The van der Waals surface area contributed by atoms with Crippen LogP contribution >= 0.6 is 0 Å². The Kier molecular flexibility index (Phi) is 4.11. The molecule has 0 unspecified atom stereocenters. The third-order valence-corrected chi connectivity index (χ3v) is 2.07. The summed E-state index contributed by atoms with van der Waals surface area (Å²) in [6, 6.07) is 1.32. The molecule has 0 aliphatic rings. The number of carbonyl (C=O) groups excluding carboxylic acids is 1. The summed E-state index contributed by atoms with van der Waals surface area (Å²) in [7, 11) is 1.46. The SMILES string of the molecule is Cn1nccc1C(=O)N(CCO)CC(F)(F)F. The molecule has 17 heavy (non-hydrogen) atoms. The van der Waals surface area contributed by atoms with Crippen molar-refractivity contribution in [1.29, 1.82) is 0 Å². The first-order valence-corrected chi connectivity index (χ1v) is 4.80. The van der Waals surface area contributed by atoms with Gasteiger partial charge in [0.1, 0.15) is 12.2 Å². The topological polar surface area (TPSA) is 58.4 Å². The van der Waals surface area contributed by atoms with Crippen LogP contribution in [0.4, 0.5) is 13.2 Å². The predicted octanol–water partition coefficient (Wildman–Crippen LogP) is 0.417. The van der Waals surface area contributed by atoms with Gasteiger partial charge in [-0.2, -0.15) is 18.3 Å². The summed E-state index contributed by atoms with van der Waals surface area (Å²) in [4.78, 5) is 12.3. The molecule has 0 radical (unpaired) electrons. The number of alkyl halides is 3. The number of aliphatic hydroxyl groups excluding tert-OH is 1. The molecule has 0 spiro atoms. The molecule has 8 heteroatoms. The summed E-state index contributed by atoms with van der Waals surface area (Å²) in [5, 5.41) is 12.4. The largest absolute Gasteiger partial charge is 0.406 e. The number of halogens is 3. The average molecular weight is 251 g/mol. The minimum Gasteiger partial charge on any atom is -0.395 e. The van der Waals surface area contributed by atoms with E-state index in [1.54, 1.807) is 0 Å². The van der Waals surface area contributed by atoms with Crippen LogP contribution in [0.15, 0.2) is 12.3 Å². The maximum Gasteiger partial charge on any atom is 0.406 e. The average Bonchev–Trinajstić information content (AvgIpc) is 2.61. The maximum absolute atomic E-state index is 12.2. The lowest BCUT2D eigenvalue weighted by atomic mass is 10.3. The molecule has 0 bridgehead atoms. The van der Waals surface area contributed by atoms with E-state index in [1.165, 1.54) is 24.0 Å². The first-order chi connectivity index (χ1) is 7.85. The van der Waals surface area contributed by atoms with Crippen molar-refractivity contribution in [2.24, 2.45) is 7.05 Å². The van der Waals surface area contributed by atoms with E-state index in [4.69, 9.17) is 5.11 Å². The normalized spacial score (nSPS) is 11.6. The van der Waals surface area contributed by atoms with Crippen molar-refractivity contribution in [3.05, 3.63) is 18.0 Å². The molecule has 1 aromatic heterocycles. The lowest BCUT2D eigenvalue weighted by molar-refractivity contribution is -0.141. The van der Waals surface area contributed by atoms with Gasteiger partial charge in [0, 0.05) is 19.8 Å². The second-order valence-electron chi connectivity index (χ2n) is 3.41. The minimum absolute atomic E-state index is 0.0442. The number of aliphatic hydroxyl groups is 1. The van der Waals surface area contributed by atoms with E-state index < -0.39 is 25.2 Å². The molecule has 1 rings (SSSR count). The number of amides is 1. The van der Waals surface area contributed by atoms with Crippen LogP contribution in [-0.2, 0) is 7.05 Å². The zero-order chi connectivity index (χ0) is 13.1. The molecule has 0 fully saturated rings. The molecule has 1 heterocycles. The van der Waals surface area contributed by atoms with Crippen molar-refractivity contribution < 1.29 is 23.1 Å². The van der Waals surface area contributed by atoms with Crippen molar-refractivity contribution in [2.75, 3.05) is 19.7 Å². The van der Waals surface area contributed by atoms with Crippen LogP contribution in [-0.4, -0.2) is 51.6 Å². The summed E-state index contributed by atoms with van der Waals surface area (Å²) in [6.07, 6.45) is -3.18. The molecule has 0 saturated carbocycles. The van der Waals surface area contributed by atoms with E-state index in [-0.39, 0.29) is 12.2 Å². The molecular weight excluding hydrogens is 239 g/mol. The van der Waals surface area contributed by atoms with Gasteiger partial charge < -0.3 is 10.0 Å². The molecule has 1 N–H and O–H groups in total. The number of hydrogen-bond donors (Lipinski definition) is 1. The van der Waals surface area contributed by atoms with Crippen LogP contribution in [0, 0.1) is 0 Å². The highest BCUT2D eigenvalue weighted by Crippen LogP contribution is 2.17. The predicted molar refractivity (Wildman–Crippen MR) is 52.3 cm³/mol. The van der Waals surface area contributed by atoms with Crippen LogP contribution in [0.2, 0.25) is 0 Å². The van der Waals surface area contributed by atoms with Crippen LogP contribution in [0.5, 0.6) is 0 Å². The summed E-state index contributed by atoms with van der Waals surface area (Å²) in [5.74, 6) is -0.809. The van der Waals surface area contributed by atoms with Crippen LogP contribution in [0.1, 0.15) is 10.5 Å². The highest BCUT2D eigenvalue weighted by molar-refractivity contribution is 5.92. The smallest absolute Gasteiger partial charge is 0.395 e. The van der Waals surface area contributed by atoms with Gasteiger partial charge in [0.15, 0.2) is 0 Å². The summed E-state index contributed by atoms with van der Waals surface area (Å²) < 4.78 is 37.9. The molecule has 0 atom stereocenters. The number of hydrogen-bond acceptors (Lipinski definition) is 3. The number of carbonyl (C=O) groups is 1. The highest BCUT2D eigenvalue weighted by atomic mass is 19.4.